The van der Waals surface area contributed by atoms with Crippen LogP contribution in [0.3, 0.4) is 0 Å². The highest BCUT2D eigenvalue weighted by Crippen LogP contribution is 2.34. The summed E-state index contributed by atoms with van der Waals surface area (Å²) < 4.78 is 0. The number of rotatable bonds is 6. The van der Waals surface area contributed by atoms with E-state index in [0.717, 1.165) is 41.5 Å². The molecule has 0 aliphatic carbocycles. The average molecular weight is 385 g/mol. The van der Waals surface area contributed by atoms with E-state index in [-0.39, 0.29) is 17.9 Å². The Labute approximate surface area is 166 Å². The molecule has 2 atom stereocenters. The van der Waals surface area contributed by atoms with Crippen LogP contribution in [-0.4, -0.2) is 35.0 Å². The molecule has 1 N–H and O–H groups in total. The van der Waals surface area contributed by atoms with E-state index in [1.165, 1.54) is 5.56 Å². The minimum atomic E-state index is 0.00646. The molecule has 1 amide bonds. The van der Waals surface area contributed by atoms with Crippen molar-refractivity contribution in [3.63, 3.8) is 0 Å². The monoisotopic (exact) mass is 384 g/mol. The molecule has 1 fully saturated rings. The maximum atomic E-state index is 12.6. The van der Waals surface area contributed by atoms with Crippen LogP contribution in [-0.2, 0) is 4.79 Å². The number of anilines is 1. The lowest BCUT2D eigenvalue weighted by atomic mass is 9.96. The van der Waals surface area contributed by atoms with Gasteiger partial charge in [0.1, 0.15) is 5.03 Å². The van der Waals surface area contributed by atoms with Crippen LogP contribution >= 0.6 is 11.8 Å². The maximum absolute atomic E-state index is 12.6. The highest BCUT2D eigenvalue weighted by molar-refractivity contribution is 7.99. The molecular formula is C21H28N4OS. The van der Waals surface area contributed by atoms with Gasteiger partial charge in [-0.1, -0.05) is 36.4 Å². The van der Waals surface area contributed by atoms with Crippen molar-refractivity contribution >= 4 is 23.5 Å². The first-order valence-corrected chi connectivity index (χ1v) is 10.5. The lowest BCUT2D eigenvalue weighted by molar-refractivity contribution is -0.125. The van der Waals surface area contributed by atoms with Crippen LogP contribution < -0.4 is 10.2 Å². The van der Waals surface area contributed by atoms with Gasteiger partial charge in [-0.3, -0.25) is 4.79 Å². The number of nitrogens with one attached hydrogen (secondary N) is 1. The summed E-state index contributed by atoms with van der Waals surface area (Å²) in [5.41, 5.74) is 1.24. The standard InChI is InChI=1S/C21H28N4OS/c1-4-16(3)24-20(26)17-6-5-13-25(14-17)19-21(23-12-11-22-19)27-18-9-7-15(2)8-10-18/h7-12,16-17H,4-6,13-14H2,1-3H3,(H,24,26)/t16-,17-/m1/s1. The number of benzene rings is 1. The van der Waals surface area contributed by atoms with Crippen LogP contribution in [0.15, 0.2) is 46.6 Å². The summed E-state index contributed by atoms with van der Waals surface area (Å²) in [6.45, 7) is 7.83. The summed E-state index contributed by atoms with van der Waals surface area (Å²) >= 11 is 1.62. The third-order valence-electron chi connectivity index (χ3n) is 4.97. The Kier molecular flexibility index (Phi) is 6.72. The van der Waals surface area contributed by atoms with Gasteiger partial charge in [0.25, 0.3) is 0 Å². The number of hydrogen-bond acceptors (Lipinski definition) is 5. The molecule has 0 unspecified atom stereocenters. The molecule has 5 nitrogen and oxygen atoms in total. The van der Waals surface area contributed by atoms with Crippen LogP contribution in [0.5, 0.6) is 0 Å². The number of carbonyl (C=O) groups excluding carboxylic acids is 1. The smallest absolute Gasteiger partial charge is 0.225 e. The highest BCUT2D eigenvalue weighted by atomic mass is 32.2. The van der Waals surface area contributed by atoms with E-state index in [1.807, 2.05) is 0 Å². The third-order valence-corrected chi connectivity index (χ3v) is 5.96. The number of piperidine rings is 1. The molecule has 1 aromatic heterocycles. The zero-order valence-electron chi connectivity index (χ0n) is 16.3. The molecule has 2 heterocycles. The molecule has 1 saturated heterocycles. The fourth-order valence-corrected chi connectivity index (χ4v) is 4.05. The van der Waals surface area contributed by atoms with Crippen molar-refractivity contribution in [2.45, 2.75) is 56.0 Å². The number of amides is 1. The Morgan fingerprint density at radius 3 is 2.78 bits per heavy atom. The largest absolute Gasteiger partial charge is 0.354 e. The van der Waals surface area contributed by atoms with Gasteiger partial charge in [0, 0.05) is 36.4 Å². The topological polar surface area (TPSA) is 58.1 Å². The molecule has 144 valence electrons. The first-order valence-electron chi connectivity index (χ1n) is 9.67. The maximum Gasteiger partial charge on any atom is 0.225 e. The minimum Gasteiger partial charge on any atom is -0.354 e. The van der Waals surface area contributed by atoms with E-state index in [0.29, 0.717) is 6.54 Å². The summed E-state index contributed by atoms with van der Waals surface area (Å²) in [7, 11) is 0. The first-order chi connectivity index (χ1) is 13.1. The van der Waals surface area contributed by atoms with Gasteiger partial charge in [-0.2, -0.15) is 0 Å². The van der Waals surface area contributed by atoms with Crippen LogP contribution in [0, 0.1) is 12.8 Å². The highest BCUT2D eigenvalue weighted by Gasteiger charge is 2.28. The van der Waals surface area contributed by atoms with Gasteiger partial charge >= 0.3 is 0 Å². The SMILES string of the molecule is CC[C@@H](C)NC(=O)[C@@H]1CCCN(c2nccnc2Sc2ccc(C)cc2)C1. The van der Waals surface area contributed by atoms with Gasteiger partial charge in [-0.05, 0) is 45.2 Å². The van der Waals surface area contributed by atoms with Crippen molar-refractivity contribution in [3.8, 4) is 0 Å². The van der Waals surface area contributed by atoms with Gasteiger partial charge in [-0.15, -0.1) is 0 Å². The lowest BCUT2D eigenvalue weighted by Crippen LogP contribution is -2.45. The molecular weight excluding hydrogens is 356 g/mol. The molecule has 0 spiro atoms. The Morgan fingerprint density at radius 1 is 1.30 bits per heavy atom. The Bertz CT molecular complexity index is 765. The quantitative estimate of drug-likeness (QED) is 0.814. The molecule has 6 heteroatoms. The van der Waals surface area contributed by atoms with Crippen LogP contribution in [0.1, 0.15) is 38.7 Å². The number of hydrogen-bond donors (Lipinski definition) is 1. The number of aryl methyl sites for hydroxylation is 1. The molecule has 2 aromatic rings. The molecule has 1 aliphatic rings. The predicted molar refractivity (Wildman–Crippen MR) is 110 cm³/mol. The summed E-state index contributed by atoms with van der Waals surface area (Å²) in [5.74, 6) is 1.04. The van der Waals surface area contributed by atoms with Crippen molar-refractivity contribution in [3.05, 3.63) is 42.2 Å². The van der Waals surface area contributed by atoms with Gasteiger partial charge in [0.05, 0.1) is 5.92 Å². The Balaban J connectivity index is 1.73. The second-order valence-electron chi connectivity index (χ2n) is 7.20. The van der Waals surface area contributed by atoms with E-state index < -0.39 is 0 Å². The van der Waals surface area contributed by atoms with Crippen molar-refractivity contribution < 1.29 is 4.79 Å². The minimum absolute atomic E-state index is 0.00646. The number of nitrogens with zero attached hydrogens (tertiary/aromatic N) is 3. The molecule has 0 bridgehead atoms. The molecule has 0 saturated carbocycles. The van der Waals surface area contributed by atoms with Crippen molar-refractivity contribution in [2.75, 3.05) is 18.0 Å². The van der Waals surface area contributed by atoms with E-state index in [9.17, 15) is 4.79 Å². The molecule has 1 aliphatic heterocycles. The third kappa shape index (κ3) is 5.22. The van der Waals surface area contributed by atoms with Crippen LogP contribution in [0.4, 0.5) is 5.82 Å². The van der Waals surface area contributed by atoms with E-state index in [4.69, 9.17) is 0 Å². The van der Waals surface area contributed by atoms with E-state index in [1.54, 1.807) is 24.2 Å². The Morgan fingerprint density at radius 2 is 2.04 bits per heavy atom. The van der Waals surface area contributed by atoms with Gasteiger partial charge < -0.3 is 10.2 Å². The van der Waals surface area contributed by atoms with Crippen LogP contribution in [0.2, 0.25) is 0 Å². The second-order valence-corrected chi connectivity index (χ2v) is 8.27. The van der Waals surface area contributed by atoms with Gasteiger partial charge in [0.15, 0.2) is 5.82 Å². The summed E-state index contributed by atoms with van der Waals surface area (Å²) in [5, 5.41) is 4.02. The Hall–Kier alpha value is -2.08. The molecule has 3 rings (SSSR count). The normalized spacial score (nSPS) is 18.2. The molecule has 1 aromatic carbocycles. The van der Waals surface area contributed by atoms with Gasteiger partial charge in [0.2, 0.25) is 5.91 Å². The fraction of sp³-hybridized carbons (Fsp3) is 0.476. The van der Waals surface area contributed by atoms with E-state index in [2.05, 4.69) is 65.2 Å². The first kappa shape index (κ1) is 19.7. The van der Waals surface area contributed by atoms with Crippen molar-refractivity contribution in [1.82, 2.24) is 15.3 Å². The average Bonchev–Trinajstić information content (AvgIpc) is 2.70. The molecule has 0 radical (unpaired) electrons. The number of aromatic nitrogens is 2. The van der Waals surface area contributed by atoms with E-state index >= 15 is 0 Å². The second kappa shape index (κ2) is 9.22. The lowest BCUT2D eigenvalue weighted by Gasteiger charge is -2.33. The van der Waals surface area contributed by atoms with Gasteiger partial charge in [-0.25, -0.2) is 9.97 Å². The summed E-state index contributed by atoms with van der Waals surface area (Å²) in [4.78, 5) is 25.1. The van der Waals surface area contributed by atoms with Crippen molar-refractivity contribution in [1.29, 1.82) is 0 Å². The summed E-state index contributed by atoms with van der Waals surface area (Å²) in [6, 6.07) is 8.65. The number of carbonyl (C=O) groups is 1. The summed E-state index contributed by atoms with van der Waals surface area (Å²) in [6.07, 6.45) is 6.33. The predicted octanol–water partition coefficient (Wildman–Crippen LogP) is 4.07. The fourth-order valence-electron chi connectivity index (χ4n) is 3.17. The van der Waals surface area contributed by atoms with Crippen molar-refractivity contribution in [2.24, 2.45) is 5.92 Å². The molecule has 27 heavy (non-hydrogen) atoms. The zero-order chi connectivity index (χ0) is 19.2. The zero-order valence-corrected chi connectivity index (χ0v) is 17.1. The van der Waals surface area contributed by atoms with Crippen LogP contribution in [0.25, 0.3) is 0 Å².